The predicted molar refractivity (Wildman–Crippen MR) is 132 cm³/mol. The predicted octanol–water partition coefficient (Wildman–Crippen LogP) is 6.65. The maximum Gasteiger partial charge on any atom is 0.228 e. The van der Waals surface area contributed by atoms with Gasteiger partial charge in [0.25, 0.3) is 0 Å². The van der Waals surface area contributed by atoms with Crippen LogP contribution >= 0.6 is 34.7 Å². The van der Waals surface area contributed by atoms with Crippen molar-refractivity contribution in [2.75, 3.05) is 23.8 Å². The fraction of sp³-hybridized carbons (Fsp3) is 0.417. The molecule has 7 heteroatoms. The normalized spacial score (nSPS) is 16.2. The summed E-state index contributed by atoms with van der Waals surface area (Å²) in [6.45, 7) is 5.54. The quantitative estimate of drug-likeness (QED) is 0.270. The largest absolute Gasteiger partial charge is 0.376 e. The summed E-state index contributed by atoms with van der Waals surface area (Å²) in [5.74, 6) is 1.01. The van der Waals surface area contributed by atoms with Crippen molar-refractivity contribution < 1.29 is 9.53 Å². The van der Waals surface area contributed by atoms with Gasteiger partial charge in [0.15, 0.2) is 5.13 Å². The molecular formula is C24H27ClN2O2S2. The topological polar surface area (TPSA) is 42.4 Å². The molecular weight excluding hydrogens is 448 g/mol. The van der Waals surface area contributed by atoms with Gasteiger partial charge in [-0.3, -0.25) is 9.69 Å². The number of ether oxygens (including phenoxy) is 1. The van der Waals surface area contributed by atoms with Gasteiger partial charge in [0.05, 0.1) is 22.9 Å². The van der Waals surface area contributed by atoms with Crippen molar-refractivity contribution in [3.63, 3.8) is 0 Å². The summed E-state index contributed by atoms with van der Waals surface area (Å²) in [4.78, 5) is 21.2. The van der Waals surface area contributed by atoms with Crippen molar-refractivity contribution in [3.05, 3.63) is 52.5 Å². The lowest BCUT2D eigenvalue weighted by atomic mass is 10.1. The van der Waals surface area contributed by atoms with Gasteiger partial charge in [0.1, 0.15) is 0 Å². The molecule has 1 aliphatic heterocycles. The van der Waals surface area contributed by atoms with E-state index < -0.39 is 0 Å². The standard InChI is InChI=1S/C24H27ClN2O2S2/c1-16-7-8-17(2)23-22(16)26-24(31-23)27(15-19-5-3-13-29-19)21(28)6-4-14-30-20-11-9-18(25)10-12-20/h7-12,19H,3-6,13-15H2,1-2H3. The van der Waals surface area contributed by atoms with Crippen LogP contribution in [0.3, 0.4) is 0 Å². The fourth-order valence-corrected chi connectivity index (χ4v) is 5.84. The molecule has 0 saturated carbocycles. The molecule has 2 heterocycles. The first kappa shape index (κ1) is 22.6. The van der Waals surface area contributed by atoms with Crippen molar-refractivity contribution in [2.45, 2.75) is 50.5 Å². The molecule has 0 bridgehead atoms. The summed E-state index contributed by atoms with van der Waals surface area (Å²) in [6, 6.07) is 12.1. The van der Waals surface area contributed by atoms with E-state index in [9.17, 15) is 4.79 Å². The summed E-state index contributed by atoms with van der Waals surface area (Å²) in [5.41, 5.74) is 3.35. The molecule has 1 aromatic heterocycles. The molecule has 0 N–H and O–H groups in total. The Morgan fingerprint density at radius 1 is 1.23 bits per heavy atom. The number of halogens is 1. The molecule has 1 fully saturated rings. The number of aryl methyl sites for hydroxylation is 2. The zero-order valence-corrected chi connectivity index (χ0v) is 20.3. The Labute approximate surface area is 196 Å². The van der Waals surface area contributed by atoms with Crippen LogP contribution in [0, 0.1) is 13.8 Å². The molecule has 1 saturated heterocycles. The van der Waals surface area contributed by atoms with Gasteiger partial charge in [-0.25, -0.2) is 4.98 Å². The van der Waals surface area contributed by atoms with Gasteiger partial charge < -0.3 is 4.74 Å². The minimum atomic E-state index is 0.0987. The van der Waals surface area contributed by atoms with Crippen LogP contribution in [0.2, 0.25) is 5.02 Å². The van der Waals surface area contributed by atoms with Crippen LogP contribution in [0.1, 0.15) is 36.8 Å². The van der Waals surface area contributed by atoms with E-state index in [4.69, 9.17) is 21.3 Å². The second-order valence-electron chi connectivity index (χ2n) is 7.92. The highest BCUT2D eigenvalue weighted by Gasteiger charge is 2.26. The van der Waals surface area contributed by atoms with Crippen LogP contribution in [-0.4, -0.2) is 35.9 Å². The number of rotatable bonds is 8. The van der Waals surface area contributed by atoms with E-state index in [1.807, 2.05) is 29.2 Å². The second-order valence-corrected chi connectivity index (χ2v) is 10.5. The van der Waals surface area contributed by atoms with Crippen LogP contribution < -0.4 is 4.90 Å². The third-order valence-electron chi connectivity index (χ3n) is 5.49. The van der Waals surface area contributed by atoms with Crippen molar-refractivity contribution in [3.8, 4) is 0 Å². The number of thioether (sulfide) groups is 1. The van der Waals surface area contributed by atoms with Crippen LogP contribution in [-0.2, 0) is 9.53 Å². The maximum absolute atomic E-state index is 13.2. The summed E-state index contributed by atoms with van der Waals surface area (Å²) in [5, 5.41) is 1.53. The Morgan fingerprint density at radius 3 is 2.71 bits per heavy atom. The van der Waals surface area contributed by atoms with Gasteiger partial charge in [0, 0.05) is 22.9 Å². The highest BCUT2D eigenvalue weighted by Crippen LogP contribution is 2.34. The summed E-state index contributed by atoms with van der Waals surface area (Å²) in [6.07, 6.45) is 3.47. The molecule has 1 amide bonds. The van der Waals surface area contributed by atoms with Crippen LogP contribution in [0.25, 0.3) is 10.2 Å². The number of carbonyl (C=O) groups is 1. The first-order valence-electron chi connectivity index (χ1n) is 10.7. The summed E-state index contributed by atoms with van der Waals surface area (Å²) in [7, 11) is 0. The van der Waals surface area contributed by atoms with E-state index in [0.29, 0.717) is 13.0 Å². The molecule has 4 nitrogen and oxygen atoms in total. The summed E-state index contributed by atoms with van der Waals surface area (Å²) < 4.78 is 7.00. The molecule has 1 unspecified atom stereocenters. The van der Waals surface area contributed by atoms with Crippen LogP contribution in [0.15, 0.2) is 41.3 Å². The Bertz CT molecular complexity index is 1010. The van der Waals surface area contributed by atoms with Gasteiger partial charge in [-0.05, 0) is 74.3 Å². The lowest BCUT2D eigenvalue weighted by molar-refractivity contribution is -0.119. The lowest BCUT2D eigenvalue weighted by Gasteiger charge is -2.23. The minimum absolute atomic E-state index is 0.0987. The molecule has 31 heavy (non-hydrogen) atoms. The maximum atomic E-state index is 13.2. The second kappa shape index (κ2) is 10.3. The zero-order valence-electron chi connectivity index (χ0n) is 17.9. The molecule has 3 aromatic rings. The average Bonchev–Trinajstić information content (AvgIpc) is 3.44. The molecule has 164 valence electrons. The Hall–Kier alpha value is -1.60. The van der Waals surface area contributed by atoms with Crippen LogP contribution in [0.5, 0.6) is 0 Å². The van der Waals surface area contributed by atoms with Gasteiger partial charge in [-0.2, -0.15) is 0 Å². The number of aromatic nitrogens is 1. The third kappa shape index (κ3) is 5.61. The minimum Gasteiger partial charge on any atom is -0.376 e. The Morgan fingerprint density at radius 2 is 2.00 bits per heavy atom. The van der Waals surface area contributed by atoms with Crippen molar-refractivity contribution >= 4 is 56.0 Å². The number of carbonyl (C=O) groups excluding carboxylic acids is 1. The van der Waals surface area contributed by atoms with Gasteiger partial charge >= 0.3 is 0 Å². The Balaban J connectivity index is 1.45. The van der Waals surface area contributed by atoms with E-state index in [2.05, 4.69) is 26.0 Å². The Kier molecular flexibility index (Phi) is 7.54. The van der Waals surface area contributed by atoms with E-state index in [1.54, 1.807) is 23.1 Å². The van der Waals surface area contributed by atoms with E-state index in [-0.39, 0.29) is 12.0 Å². The van der Waals surface area contributed by atoms with E-state index >= 15 is 0 Å². The smallest absolute Gasteiger partial charge is 0.228 e. The molecule has 0 radical (unpaired) electrons. The lowest BCUT2D eigenvalue weighted by Crippen LogP contribution is -2.37. The SMILES string of the molecule is Cc1ccc(C)c2sc(N(CC3CCCO3)C(=O)CCCSc3ccc(Cl)cc3)nc12. The number of thiazole rings is 1. The third-order valence-corrected chi connectivity index (χ3v) is 8.05. The van der Waals surface area contributed by atoms with Crippen molar-refractivity contribution in [1.29, 1.82) is 0 Å². The van der Waals surface area contributed by atoms with Crippen molar-refractivity contribution in [1.82, 2.24) is 4.98 Å². The molecule has 0 aliphatic carbocycles. The van der Waals surface area contributed by atoms with Crippen LogP contribution in [0.4, 0.5) is 5.13 Å². The zero-order chi connectivity index (χ0) is 21.8. The average molecular weight is 475 g/mol. The highest BCUT2D eigenvalue weighted by atomic mass is 35.5. The number of nitrogens with zero attached hydrogens (tertiary/aromatic N) is 2. The monoisotopic (exact) mass is 474 g/mol. The van der Waals surface area contributed by atoms with E-state index in [0.717, 1.165) is 52.9 Å². The molecule has 1 aliphatic rings. The number of benzene rings is 2. The van der Waals surface area contributed by atoms with Gasteiger partial charge in [0.2, 0.25) is 5.91 Å². The molecule has 0 spiro atoms. The number of hydrogen-bond acceptors (Lipinski definition) is 5. The van der Waals surface area contributed by atoms with Crippen molar-refractivity contribution in [2.24, 2.45) is 0 Å². The van der Waals surface area contributed by atoms with E-state index in [1.165, 1.54) is 15.2 Å². The molecule has 4 rings (SSSR count). The first-order valence-corrected chi connectivity index (χ1v) is 12.9. The summed E-state index contributed by atoms with van der Waals surface area (Å²) >= 11 is 9.32. The number of amides is 1. The van der Waals surface area contributed by atoms with Gasteiger partial charge in [-0.1, -0.05) is 35.1 Å². The molecule has 1 atom stereocenters. The number of anilines is 1. The highest BCUT2D eigenvalue weighted by molar-refractivity contribution is 7.99. The van der Waals surface area contributed by atoms with Gasteiger partial charge in [-0.15, -0.1) is 11.8 Å². The molecule has 2 aromatic carbocycles. The fourth-order valence-electron chi connectivity index (χ4n) is 3.72. The number of fused-ring (bicyclic) bond motifs is 1. The number of hydrogen-bond donors (Lipinski definition) is 0. The first-order chi connectivity index (χ1) is 15.0.